The molecule has 0 spiro atoms. The number of benzene rings is 1. The lowest BCUT2D eigenvalue weighted by molar-refractivity contribution is -0.159. The summed E-state index contributed by atoms with van der Waals surface area (Å²) in [5.41, 5.74) is -0.805. The maximum absolute atomic E-state index is 13.9. The number of aliphatic hydroxyl groups is 1. The summed E-state index contributed by atoms with van der Waals surface area (Å²) in [6.07, 6.45) is -6.65. The number of aliphatic hydroxyl groups excluding tert-OH is 1. The summed E-state index contributed by atoms with van der Waals surface area (Å²) in [7, 11) is 0. The molecule has 2 N–H and O–H groups in total. The fourth-order valence-corrected chi connectivity index (χ4v) is 1.97. The molecule has 0 radical (unpaired) electrons. The highest BCUT2D eigenvalue weighted by Gasteiger charge is 2.37. The average Bonchev–Trinajstić information content (AvgIpc) is 2.36. The van der Waals surface area contributed by atoms with Gasteiger partial charge in [0, 0.05) is 11.6 Å². The minimum atomic E-state index is -4.63. The zero-order chi connectivity index (χ0) is 16.7. The summed E-state index contributed by atoms with van der Waals surface area (Å²) in [6, 6.07) is -0.730. The van der Waals surface area contributed by atoms with Crippen molar-refractivity contribution >= 4 is 11.5 Å². The van der Waals surface area contributed by atoms with E-state index in [1.807, 2.05) is 0 Å². The predicted octanol–water partition coefficient (Wildman–Crippen LogP) is 1.89. The second-order valence-electron chi connectivity index (χ2n) is 5.05. The molecule has 2 unspecified atom stereocenters. The molecular weight excluding hydrogens is 311 g/mol. The number of alkyl halides is 3. The molecule has 0 aliphatic carbocycles. The van der Waals surface area contributed by atoms with Gasteiger partial charge in [-0.25, -0.2) is 8.78 Å². The van der Waals surface area contributed by atoms with Crippen LogP contribution in [-0.2, 0) is 4.79 Å². The number of nitrogens with zero attached hydrogens (tertiary/aromatic N) is 1. The molecule has 2 rings (SSSR count). The quantitative estimate of drug-likeness (QED) is 0.656. The molecule has 22 heavy (non-hydrogen) atoms. The van der Waals surface area contributed by atoms with E-state index in [0.717, 1.165) is 13.0 Å². The molecule has 1 fully saturated rings. The van der Waals surface area contributed by atoms with Crippen LogP contribution in [0.4, 0.5) is 27.6 Å². The molecule has 0 aromatic heterocycles. The highest BCUT2D eigenvalue weighted by atomic mass is 19.4. The van der Waals surface area contributed by atoms with Crippen molar-refractivity contribution in [1.82, 2.24) is 5.32 Å². The van der Waals surface area contributed by atoms with Gasteiger partial charge in [0.25, 0.3) is 0 Å². The van der Waals surface area contributed by atoms with Crippen LogP contribution in [0.3, 0.4) is 0 Å². The van der Waals surface area contributed by atoms with Crippen LogP contribution < -0.4 is 10.2 Å². The Morgan fingerprint density at radius 2 is 1.82 bits per heavy atom. The first-order valence-electron chi connectivity index (χ1n) is 6.36. The molecule has 0 bridgehead atoms. The first-order chi connectivity index (χ1) is 10.1. The molecule has 2 atom stereocenters. The number of Topliss-reactive ketones (excluding diaryl/α,β-unsaturated/α-hetero) is 1. The van der Waals surface area contributed by atoms with Crippen molar-refractivity contribution in [2.75, 3.05) is 18.0 Å². The number of carbonyl (C=O) groups is 1. The van der Waals surface area contributed by atoms with Gasteiger partial charge in [0.05, 0.1) is 18.8 Å². The predicted molar refractivity (Wildman–Crippen MR) is 67.2 cm³/mol. The van der Waals surface area contributed by atoms with Crippen LogP contribution in [0.25, 0.3) is 0 Å². The van der Waals surface area contributed by atoms with Gasteiger partial charge in [-0.3, -0.25) is 10.1 Å². The van der Waals surface area contributed by atoms with Crippen molar-refractivity contribution < 1.29 is 31.9 Å². The van der Waals surface area contributed by atoms with Crippen LogP contribution in [0.2, 0.25) is 0 Å². The molecule has 4 nitrogen and oxygen atoms in total. The minimum Gasteiger partial charge on any atom is -0.374 e. The number of hydrogen-bond acceptors (Lipinski definition) is 4. The third-order valence-corrected chi connectivity index (χ3v) is 3.33. The molecule has 1 saturated heterocycles. The first kappa shape index (κ1) is 16.6. The van der Waals surface area contributed by atoms with E-state index in [-0.39, 0.29) is 24.6 Å². The van der Waals surface area contributed by atoms with Crippen molar-refractivity contribution in [2.24, 2.45) is 0 Å². The third-order valence-electron chi connectivity index (χ3n) is 3.33. The molecule has 1 aromatic rings. The molecule has 1 aliphatic heterocycles. The maximum Gasteiger partial charge on any atom is 0.403 e. The van der Waals surface area contributed by atoms with E-state index in [4.69, 9.17) is 0 Å². The number of rotatable bonds is 4. The van der Waals surface area contributed by atoms with E-state index >= 15 is 0 Å². The van der Waals surface area contributed by atoms with Gasteiger partial charge in [-0.2, -0.15) is 13.2 Å². The SMILES string of the molecule is CC(NC(O)c1cc(F)c(N2CC(=O)C2)cc1F)C(F)(F)F. The Morgan fingerprint density at radius 1 is 1.23 bits per heavy atom. The maximum atomic E-state index is 13.9. The van der Waals surface area contributed by atoms with Crippen molar-refractivity contribution in [3.63, 3.8) is 0 Å². The van der Waals surface area contributed by atoms with Crippen LogP contribution >= 0.6 is 0 Å². The van der Waals surface area contributed by atoms with Gasteiger partial charge in [0.1, 0.15) is 23.9 Å². The van der Waals surface area contributed by atoms with Gasteiger partial charge >= 0.3 is 6.18 Å². The fraction of sp³-hybridized carbons (Fsp3) is 0.462. The Bertz CT molecular complexity index is 583. The van der Waals surface area contributed by atoms with Gasteiger partial charge in [-0.05, 0) is 13.0 Å². The number of ketones is 1. The van der Waals surface area contributed by atoms with E-state index in [1.54, 1.807) is 5.32 Å². The Kier molecular flexibility index (Phi) is 4.39. The molecule has 0 saturated carbocycles. The van der Waals surface area contributed by atoms with Gasteiger partial charge in [-0.1, -0.05) is 0 Å². The Morgan fingerprint density at radius 3 is 2.32 bits per heavy atom. The summed E-state index contributed by atoms with van der Waals surface area (Å²) < 4.78 is 64.9. The second kappa shape index (κ2) is 5.81. The lowest BCUT2D eigenvalue weighted by atomic mass is 10.1. The monoisotopic (exact) mass is 324 g/mol. The lowest BCUT2D eigenvalue weighted by Crippen LogP contribution is -2.47. The van der Waals surface area contributed by atoms with Crippen LogP contribution in [0.1, 0.15) is 18.7 Å². The van der Waals surface area contributed by atoms with Crippen molar-refractivity contribution in [3.8, 4) is 0 Å². The molecule has 122 valence electrons. The standard InChI is InChI=1S/C13H13F5N2O2/c1-6(13(16,17)18)19-12(22)8-2-10(15)11(3-9(8)14)20-4-7(21)5-20/h2-3,6,12,19,22H,4-5H2,1H3. The largest absolute Gasteiger partial charge is 0.403 e. The van der Waals surface area contributed by atoms with E-state index in [1.165, 1.54) is 4.90 Å². The molecule has 0 amide bonds. The lowest BCUT2D eigenvalue weighted by Gasteiger charge is -2.32. The van der Waals surface area contributed by atoms with Crippen LogP contribution in [0, 0.1) is 11.6 Å². The number of carbonyl (C=O) groups excluding carboxylic acids is 1. The Balaban J connectivity index is 2.18. The van der Waals surface area contributed by atoms with Crippen molar-refractivity contribution in [1.29, 1.82) is 0 Å². The number of nitrogens with one attached hydrogen (secondary N) is 1. The zero-order valence-corrected chi connectivity index (χ0v) is 11.4. The van der Waals surface area contributed by atoms with Gasteiger partial charge in [-0.15, -0.1) is 0 Å². The Hall–Kier alpha value is -1.74. The van der Waals surface area contributed by atoms with Crippen LogP contribution in [0.15, 0.2) is 12.1 Å². The van der Waals surface area contributed by atoms with Crippen LogP contribution in [-0.4, -0.2) is 36.2 Å². The first-order valence-corrected chi connectivity index (χ1v) is 6.36. The van der Waals surface area contributed by atoms with Crippen molar-refractivity contribution in [2.45, 2.75) is 25.4 Å². The normalized spacial score (nSPS) is 18.1. The number of halogens is 5. The molecule has 1 aromatic carbocycles. The molecule has 9 heteroatoms. The summed E-state index contributed by atoms with van der Waals surface area (Å²) in [6.45, 7) is 0.640. The summed E-state index contributed by atoms with van der Waals surface area (Å²) in [5.74, 6) is -2.13. The summed E-state index contributed by atoms with van der Waals surface area (Å²) >= 11 is 0. The summed E-state index contributed by atoms with van der Waals surface area (Å²) in [5, 5.41) is 11.4. The van der Waals surface area contributed by atoms with Gasteiger partial charge < -0.3 is 10.0 Å². The molecular formula is C13H13F5N2O2. The van der Waals surface area contributed by atoms with E-state index in [9.17, 15) is 31.9 Å². The van der Waals surface area contributed by atoms with Gasteiger partial charge in [0.2, 0.25) is 0 Å². The highest BCUT2D eigenvalue weighted by Crippen LogP contribution is 2.29. The fourth-order valence-electron chi connectivity index (χ4n) is 1.97. The highest BCUT2D eigenvalue weighted by molar-refractivity contribution is 5.95. The van der Waals surface area contributed by atoms with Gasteiger partial charge in [0.15, 0.2) is 5.78 Å². The van der Waals surface area contributed by atoms with Crippen molar-refractivity contribution in [3.05, 3.63) is 29.3 Å². The molecule has 1 heterocycles. The van der Waals surface area contributed by atoms with E-state index in [2.05, 4.69) is 0 Å². The summed E-state index contributed by atoms with van der Waals surface area (Å²) in [4.78, 5) is 12.1. The minimum absolute atomic E-state index is 0.0540. The number of anilines is 1. The third kappa shape index (κ3) is 3.36. The number of hydrogen-bond donors (Lipinski definition) is 2. The second-order valence-corrected chi connectivity index (χ2v) is 5.05. The smallest absolute Gasteiger partial charge is 0.374 e. The van der Waals surface area contributed by atoms with E-state index < -0.39 is 35.6 Å². The topological polar surface area (TPSA) is 52.6 Å². The zero-order valence-electron chi connectivity index (χ0n) is 11.4. The molecule has 1 aliphatic rings. The Labute approximate surface area is 122 Å². The average molecular weight is 324 g/mol. The van der Waals surface area contributed by atoms with Crippen LogP contribution in [0.5, 0.6) is 0 Å². The van der Waals surface area contributed by atoms with E-state index in [0.29, 0.717) is 6.07 Å².